The van der Waals surface area contributed by atoms with Gasteiger partial charge in [0, 0.05) is 43.1 Å². The third-order valence-electron chi connectivity index (χ3n) is 5.54. The van der Waals surface area contributed by atoms with Crippen LogP contribution >= 0.6 is 0 Å². The van der Waals surface area contributed by atoms with Crippen LogP contribution in [0.1, 0.15) is 36.4 Å². The Labute approximate surface area is 173 Å². The summed E-state index contributed by atoms with van der Waals surface area (Å²) in [6.07, 6.45) is 4.13. The van der Waals surface area contributed by atoms with Crippen molar-refractivity contribution in [2.24, 2.45) is 0 Å². The van der Waals surface area contributed by atoms with E-state index in [0.717, 1.165) is 36.5 Å². The van der Waals surface area contributed by atoms with Gasteiger partial charge in [-0.25, -0.2) is 0 Å². The zero-order chi connectivity index (χ0) is 20.3. The van der Waals surface area contributed by atoms with Crippen LogP contribution in [0.2, 0.25) is 0 Å². The van der Waals surface area contributed by atoms with E-state index in [-0.39, 0.29) is 11.7 Å². The van der Waals surface area contributed by atoms with E-state index in [0.29, 0.717) is 11.3 Å². The molecule has 1 fully saturated rings. The van der Waals surface area contributed by atoms with Gasteiger partial charge in [-0.3, -0.25) is 20.1 Å². The summed E-state index contributed by atoms with van der Waals surface area (Å²) in [6, 6.07) is 18.0. The molecule has 0 amide bonds. The lowest BCUT2D eigenvalue weighted by molar-refractivity contribution is 0.195. The summed E-state index contributed by atoms with van der Waals surface area (Å²) in [5, 5.41) is 17.0. The largest absolute Gasteiger partial charge is 0.490 e. The quantitative estimate of drug-likeness (QED) is 0.340. The van der Waals surface area contributed by atoms with Crippen LogP contribution in [0.3, 0.4) is 0 Å². The molecular weight excluding hydrogens is 378 g/mol. The van der Waals surface area contributed by atoms with Crippen LogP contribution in [0, 0.1) is 0 Å². The van der Waals surface area contributed by atoms with E-state index in [2.05, 4.69) is 43.9 Å². The number of benzene rings is 2. The molecule has 1 atom stereocenters. The van der Waals surface area contributed by atoms with Crippen molar-refractivity contribution in [3.05, 3.63) is 76.2 Å². The van der Waals surface area contributed by atoms with Crippen molar-refractivity contribution in [1.29, 1.82) is 0 Å². The fourth-order valence-electron chi connectivity index (χ4n) is 3.75. The van der Waals surface area contributed by atoms with Gasteiger partial charge in [-0.1, -0.05) is 30.3 Å². The molecule has 5 rings (SSSR count). The van der Waals surface area contributed by atoms with E-state index >= 15 is 0 Å². The highest BCUT2D eigenvalue weighted by molar-refractivity contribution is 5.79. The molecule has 1 aliphatic carbocycles. The van der Waals surface area contributed by atoms with Gasteiger partial charge < -0.3 is 10.1 Å². The number of aromatic amines is 3. The van der Waals surface area contributed by atoms with Crippen molar-refractivity contribution in [2.75, 3.05) is 11.9 Å². The maximum absolute atomic E-state index is 11.7. The lowest BCUT2D eigenvalue weighted by Gasteiger charge is -2.20. The van der Waals surface area contributed by atoms with E-state index in [9.17, 15) is 4.79 Å². The zero-order valence-corrected chi connectivity index (χ0v) is 16.7. The van der Waals surface area contributed by atoms with Crippen LogP contribution in [0.15, 0.2) is 59.4 Å². The van der Waals surface area contributed by atoms with E-state index < -0.39 is 0 Å². The first-order chi connectivity index (χ1) is 14.7. The fraction of sp³-hybridized carbons (Fsp3) is 0.304. The average molecular weight is 403 g/mol. The molecule has 0 radical (unpaired) electrons. The maximum atomic E-state index is 11.7. The molecule has 0 spiro atoms. The van der Waals surface area contributed by atoms with Crippen LogP contribution in [0.5, 0.6) is 5.75 Å². The molecule has 1 unspecified atom stereocenters. The number of hydrogen-bond donors (Lipinski definition) is 4. The predicted octanol–water partition coefficient (Wildman–Crippen LogP) is 3.95. The molecule has 2 heterocycles. The van der Waals surface area contributed by atoms with Crippen LogP contribution in [-0.4, -0.2) is 33.0 Å². The number of nitrogens with zero attached hydrogens (tertiary/aromatic N) is 1. The monoisotopic (exact) mass is 403 g/mol. The molecule has 30 heavy (non-hydrogen) atoms. The Hall–Kier alpha value is -3.48. The Balaban J connectivity index is 1.26. The van der Waals surface area contributed by atoms with Crippen molar-refractivity contribution >= 4 is 16.7 Å². The van der Waals surface area contributed by atoms with Gasteiger partial charge in [0.1, 0.15) is 17.7 Å². The van der Waals surface area contributed by atoms with Crippen LogP contribution < -0.4 is 15.6 Å². The van der Waals surface area contributed by atoms with Crippen molar-refractivity contribution in [1.82, 2.24) is 20.4 Å². The van der Waals surface area contributed by atoms with Crippen LogP contribution in [0.25, 0.3) is 10.9 Å². The van der Waals surface area contributed by atoms with Gasteiger partial charge in [0.25, 0.3) is 5.56 Å². The molecule has 1 aliphatic rings. The first-order valence-corrected chi connectivity index (χ1v) is 10.4. The Morgan fingerprint density at radius 1 is 1.10 bits per heavy atom. The molecule has 2 aromatic heterocycles. The Kier molecular flexibility index (Phi) is 5.01. The molecule has 2 aromatic carbocycles. The van der Waals surface area contributed by atoms with Gasteiger partial charge in [-0.2, -0.15) is 5.10 Å². The van der Waals surface area contributed by atoms with Crippen molar-refractivity contribution in [3.63, 3.8) is 0 Å². The Morgan fingerprint density at radius 3 is 2.80 bits per heavy atom. The number of H-pyrrole nitrogens is 3. The summed E-state index contributed by atoms with van der Waals surface area (Å²) in [5.41, 5.74) is 3.09. The fourth-order valence-corrected chi connectivity index (χ4v) is 3.75. The topological polar surface area (TPSA) is 98.6 Å². The zero-order valence-electron chi connectivity index (χ0n) is 16.7. The van der Waals surface area contributed by atoms with Gasteiger partial charge >= 0.3 is 0 Å². The van der Waals surface area contributed by atoms with Gasteiger partial charge in [-0.15, -0.1) is 0 Å². The van der Waals surface area contributed by atoms with Gasteiger partial charge in [0.15, 0.2) is 0 Å². The van der Waals surface area contributed by atoms with Crippen LogP contribution in [0.4, 0.5) is 5.82 Å². The first kappa shape index (κ1) is 18.5. The Morgan fingerprint density at radius 2 is 1.97 bits per heavy atom. The summed E-state index contributed by atoms with van der Waals surface area (Å²) < 4.78 is 6.32. The first-order valence-electron chi connectivity index (χ1n) is 10.4. The number of aromatic nitrogens is 4. The summed E-state index contributed by atoms with van der Waals surface area (Å²) in [5.74, 6) is 2.30. The second-order valence-corrected chi connectivity index (χ2v) is 7.91. The number of rotatable bonds is 9. The third-order valence-corrected chi connectivity index (χ3v) is 5.54. The van der Waals surface area contributed by atoms with E-state index in [1.165, 1.54) is 24.1 Å². The summed E-state index contributed by atoms with van der Waals surface area (Å²) in [6.45, 7) is 0.760. The summed E-state index contributed by atoms with van der Waals surface area (Å²) >= 11 is 0. The number of anilines is 1. The van der Waals surface area contributed by atoms with E-state index in [1.54, 1.807) is 6.07 Å². The molecule has 4 N–H and O–H groups in total. The second kappa shape index (κ2) is 8.10. The van der Waals surface area contributed by atoms with Gasteiger partial charge in [-0.05, 0) is 30.5 Å². The van der Waals surface area contributed by atoms with Crippen molar-refractivity contribution in [3.8, 4) is 5.75 Å². The van der Waals surface area contributed by atoms with E-state index in [4.69, 9.17) is 4.74 Å². The van der Waals surface area contributed by atoms with Crippen molar-refractivity contribution in [2.45, 2.75) is 37.7 Å². The highest BCUT2D eigenvalue weighted by Crippen LogP contribution is 2.39. The Bertz CT molecular complexity index is 1170. The van der Waals surface area contributed by atoms with Crippen LogP contribution in [-0.2, 0) is 6.42 Å². The molecular formula is C23H25N5O2. The average Bonchev–Trinajstić information content (AvgIpc) is 3.40. The van der Waals surface area contributed by atoms with Gasteiger partial charge in [0.2, 0.25) is 0 Å². The smallest absolute Gasteiger partial charge is 0.271 e. The van der Waals surface area contributed by atoms with Crippen molar-refractivity contribution < 1.29 is 4.74 Å². The normalized spacial score (nSPS) is 14.7. The maximum Gasteiger partial charge on any atom is 0.271 e. The number of fused-ring (bicyclic) bond motifs is 1. The minimum atomic E-state index is -0.119. The minimum absolute atomic E-state index is 0.00939. The van der Waals surface area contributed by atoms with E-state index in [1.807, 2.05) is 30.3 Å². The SMILES string of the molecule is O=c1[nH][nH]c2cc(OC(CCNc3cc(C4CC4)[nH]n3)Cc3ccccc3)ccc12. The van der Waals surface area contributed by atoms with Gasteiger partial charge in [0.05, 0.1) is 10.9 Å². The predicted molar refractivity (Wildman–Crippen MR) is 117 cm³/mol. The highest BCUT2D eigenvalue weighted by Gasteiger charge is 2.25. The molecule has 154 valence electrons. The highest BCUT2D eigenvalue weighted by atomic mass is 16.5. The molecule has 0 aliphatic heterocycles. The number of hydrogen-bond acceptors (Lipinski definition) is 4. The molecule has 1 saturated carbocycles. The second-order valence-electron chi connectivity index (χ2n) is 7.91. The molecule has 4 aromatic rings. The lowest BCUT2D eigenvalue weighted by atomic mass is 10.1. The molecule has 7 heteroatoms. The number of nitrogens with one attached hydrogen (secondary N) is 4. The summed E-state index contributed by atoms with van der Waals surface area (Å²) in [4.78, 5) is 11.7. The third kappa shape index (κ3) is 4.25. The molecule has 0 saturated heterocycles. The minimum Gasteiger partial charge on any atom is -0.490 e. The molecule has 7 nitrogen and oxygen atoms in total. The summed E-state index contributed by atoms with van der Waals surface area (Å²) in [7, 11) is 0. The lowest BCUT2D eigenvalue weighted by Crippen LogP contribution is -2.23. The molecule has 0 bridgehead atoms. The standard InChI is InChI=1S/C23H25N5O2/c29-23-19-9-8-17(13-21(19)26-28-23)30-18(12-15-4-2-1-3-5-15)10-11-24-22-14-20(25-27-22)16-6-7-16/h1-5,8-9,13-14,16,18H,6-7,10-12H2,(H2,24,25,27)(H2,26,28,29). The number of ether oxygens (including phenoxy) is 1.